The number of hydrogen-bond acceptors (Lipinski definition) is 18. The van der Waals surface area contributed by atoms with Gasteiger partial charge in [-0.05, 0) is 113 Å². The summed E-state index contributed by atoms with van der Waals surface area (Å²) in [6.45, 7) is 5.83. The van der Waals surface area contributed by atoms with Gasteiger partial charge in [0.25, 0.3) is 5.91 Å². The first-order chi connectivity index (χ1) is 37.5. The largest absolute Gasteiger partial charge is 0.491 e. The van der Waals surface area contributed by atoms with E-state index >= 15 is 0 Å². The molecule has 4 aromatic rings. The van der Waals surface area contributed by atoms with Gasteiger partial charge in [-0.3, -0.25) is 24.7 Å². The topological polar surface area (TPSA) is 359 Å². The Morgan fingerprint density at radius 3 is 1.96 bits per heavy atom. The number of aryl methyl sites for hydroxylation is 3. The number of ketones is 2. The van der Waals surface area contributed by atoms with Crippen LogP contribution in [0.3, 0.4) is 0 Å². The van der Waals surface area contributed by atoms with Crippen LogP contribution in [0.25, 0.3) is 0 Å². The first-order valence-corrected chi connectivity index (χ1v) is 27.1. The molecule has 1 fully saturated rings. The Morgan fingerprint density at radius 2 is 1.29 bits per heavy atom. The number of nitrogens with two attached hydrogens (primary N) is 5. The van der Waals surface area contributed by atoms with Gasteiger partial charge in [0.2, 0.25) is 0 Å². The highest BCUT2D eigenvalue weighted by atomic mass is 35.5. The molecule has 0 saturated heterocycles. The van der Waals surface area contributed by atoms with Gasteiger partial charge in [-0.25, -0.2) is 24.7 Å². The molecule has 2 aromatic heterocycles. The van der Waals surface area contributed by atoms with Crippen LogP contribution in [0.2, 0.25) is 10.3 Å². The van der Waals surface area contributed by atoms with E-state index in [-0.39, 0.29) is 81.0 Å². The van der Waals surface area contributed by atoms with Gasteiger partial charge in [0.05, 0.1) is 32.8 Å². The number of urea groups is 1. The van der Waals surface area contributed by atoms with E-state index in [1.165, 1.54) is 11.1 Å². The molecule has 0 radical (unpaired) electrons. The molecule has 14 N–H and O–H groups in total. The van der Waals surface area contributed by atoms with Crippen LogP contribution in [0.4, 0.5) is 28.1 Å². The molecule has 426 valence electrons. The number of nitrogen functional groups attached to an aromatic ring is 4. The van der Waals surface area contributed by atoms with Crippen LogP contribution in [0.5, 0.6) is 5.75 Å². The fourth-order valence-electron chi connectivity index (χ4n) is 8.17. The minimum Gasteiger partial charge on any atom is -0.491 e. The molecule has 3 amide bonds. The summed E-state index contributed by atoms with van der Waals surface area (Å²) in [5, 5.41) is 16.1. The van der Waals surface area contributed by atoms with Crippen molar-refractivity contribution in [2.75, 3.05) is 82.8 Å². The average Bonchev–Trinajstić information content (AvgIpc) is 3.41. The predicted molar refractivity (Wildman–Crippen MR) is 305 cm³/mol. The van der Waals surface area contributed by atoms with Gasteiger partial charge in [-0.1, -0.05) is 71.6 Å². The number of ether oxygens (including phenoxy) is 4. The molecule has 1 aliphatic carbocycles. The molecule has 2 heterocycles. The molecular weight excluding hydrogens is 1040 g/mol. The van der Waals surface area contributed by atoms with E-state index in [4.69, 9.17) is 76.2 Å². The first kappa shape index (κ1) is 63.8. The van der Waals surface area contributed by atoms with E-state index in [0.717, 1.165) is 81.9 Å². The third-order valence-electron chi connectivity index (χ3n) is 12.5. The highest BCUT2D eigenvalue weighted by molar-refractivity contribution is 6.32. The Bertz CT molecular complexity index is 2550. The van der Waals surface area contributed by atoms with Gasteiger partial charge in [-0.2, -0.15) is 0 Å². The normalized spacial score (nSPS) is 14.2. The lowest BCUT2D eigenvalue weighted by molar-refractivity contribution is -0.120. The van der Waals surface area contributed by atoms with Crippen LogP contribution in [0.15, 0.2) is 53.5 Å². The van der Waals surface area contributed by atoms with Crippen molar-refractivity contribution >= 4 is 81.6 Å². The summed E-state index contributed by atoms with van der Waals surface area (Å²) in [5.41, 5.74) is 32.1. The minimum absolute atomic E-state index is 0.00984. The molecule has 0 unspecified atom stereocenters. The van der Waals surface area contributed by atoms with E-state index in [2.05, 4.69) is 72.1 Å². The molecule has 78 heavy (non-hydrogen) atoms. The molecule has 5 rings (SSSR count). The number of amides is 3. The Morgan fingerprint density at radius 1 is 0.692 bits per heavy atom. The molecule has 22 nitrogen and oxygen atoms in total. The van der Waals surface area contributed by atoms with Crippen molar-refractivity contribution in [3.8, 4) is 5.75 Å². The van der Waals surface area contributed by atoms with Crippen molar-refractivity contribution in [1.82, 2.24) is 35.9 Å². The predicted octanol–water partition coefficient (Wildman–Crippen LogP) is 7.02. The monoisotopic (exact) mass is 1120 g/mol. The number of unbranched alkanes of at least 4 members (excludes halogenated alkanes) is 3. The fourth-order valence-corrected chi connectivity index (χ4v) is 8.43. The number of carbonyl (C=O) groups excluding carboxylic acids is 4. The lowest BCUT2D eigenvalue weighted by Gasteiger charge is -2.28. The van der Waals surface area contributed by atoms with Crippen LogP contribution in [-0.4, -0.2) is 121 Å². The maximum Gasteiger partial charge on any atom is 0.315 e. The molecule has 2 aromatic carbocycles. The minimum atomic E-state index is -0.675. The van der Waals surface area contributed by atoms with E-state index < -0.39 is 5.91 Å². The van der Waals surface area contributed by atoms with Crippen LogP contribution >= 0.6 is 23.2 Å². The van der Waals surface area contributed by atoms with Crippen molar-refractivity contribution in [3.05, 3.63) is 86.9 Å². The summed E-state index contributed by atoms with van der Waals surface area (Å²) in [4.78, 5) is 68.6. The molecule has 0 bridgehead atoms. The third kappa shape index (κ3) is 25.2. The van der Waals surface area contributed by atoms with Gasteiger partial charge < -0.3 is 63.7 Å². The summed E-state index contributed by atoms with van der Waals surface area (Å²) in [5.74, 6) is 0.0270. The highest BCUT2D eigenvalue weighted by Crippen LogP contribution is 2.28. The number of methoxy groups -OCH3 is 1. The summed E-state index contributed by atoms with van der Waals surface area (Å²) in [6, 6.07) is 16.4. The number of halogens is 2. The number of guanidine groups is 1. The number of hydrogen-bond donors (Lipinski definition) is 9. The maximum absolute atomic E-state index is 12.5. The summed E-state index contributed by atoms with van der Waals surface area (Å²) < 4.78 is 21.7. The Balaban J connectivity index is 0.000000421. The van der Waals surface area contributed by atoms with Gasteiger partial charge in [0.15, 0.2) is 56.7 Å². The van der Waals surface area contributed by atoms with Crippen molar-refractivity contribution in [1.29, 1.82) is 5.41 Å². The number of aliphatic imine (C=N–C) groups is 1. The number of nitrogens with one attached hydrogen (secondary N) is 4. The van der Waals surface area contributed by atoms with E-state index in [1.807, 2.05) is 24.3 Å². The van der Waals surface area contributed by atoms with Gasteiger partial charge >= 0.3 is 6.03 Å². The molecule has 1 saturated carbocycles. The number of carbonyl (C=O) groups is 4. The standard InChI is InChI=1S/C35H54ClN9O7.C19H24ClN5O/c1-49-19-20-51-18-16-41-35(48)42-26-11-7-25(8-12-26)23-27(46)6-4-17-50-21-22-52-28-13-9-24(10-14-28)5-2-3-15-40-34(39)45-33(47)29-31(37)44-32(38)30(36)43-29;1-12-7-9-13(10-8-12)5-3-2-4-6-14(21)11-15(26)16-18(22)25-19(23)17(20)24-16/h9-10,13-14,25-26H,2-8,11-12,15-23H2,1H3,(H4,37,38,44)(H2,41,42,48)(H3,39,40,45,47);7-10,21H,2-6,11H2,1H3,(H4,22,23,25). The molecule has 24 heteroatoms. The van der Waals surface area contributed by atoms with E-state index in [9.17, 15) is 19.2 Å². The molecule has 1 aliphatic rings. The van der Waals surface area contributed by atoms with Crippen LogP contribution in [-0.2, 0) is 31.8 Å². The Labute approximate surface area is 467 Å². The lowest BCUT2D eigenvalue weighted by Crippen LogP contribution is -2.44. The second kappa shape index (κ2) is 35.6. The summed E-state index contributed by atoms with van der Waals surface area (Å²) in [7, 11) is 1.62. The molecule has 0 aliphatic heterocycles. The van der Waals surface area contributed by atoms with E-state index in [1.54, 1.807) is 7.11 Å². The zero-order chi connectivity index (χ0) is 56.7. The first-order valence-electron chi connectivity index (χ1n) is 26.4. The van der Waals surface area contributed by atoms with Crippen molar-refractivity contribution in [2.24, 2.45) is 16.6 Å². The van der Waals surface area contributed by atoms with E-state index in [0.29, 0.717) is 90.0 Å². The third-order valence-corrected chi connectivity index (χ3v) is 13.0. The summed E-state index contributed by atoms with van der Waals surface area (Å²) in [6.07, 6.45) is 12.5. The number of rotatable bonds is 32. The zero-order valence-electron chi connectivity index (χ0n) is 44.9. The maximum atomic E-state index is 12.5. The summed E-state index contributed by atoms with van der Waals surface area (Å²) >= 11 is 11.6. The molecule has 0 atom stereocenters. The highest BCUT2D eigenvalue weighted by Gasteiger charge is 2.24. The smallest absolute Gasteiger partial charge is 0.315 e. The Hall–Kier alpha value is -6.72. The Kier molecular flexibility index (Phi) is 29.2. The number of aromatic nitrogens is 4. The lowest BCUT2D eigenvalue weighted by atomic mass is 9.83. The SMILES string of the molecule is COCCOCCNC(=O)NC1CCC(CC(=O)CCCOCCOc2ccc(CCCCN=C(N)NC(=O)c3nc(Cl)c(N)nc3N)cc2)CC1.Cc1ccc(CCCCCC(=N)CC(=O)c2nc(Cl)c(N)nc2N)cc1. The number of Topliss-reactive ketones (excluding diaryl/α,β-unsaturated/α-hetero) is 2. The zero-order valence-corrected chi connectivity index (χ0v) is 46.4. The number of anilines is 4. The second-order valence-electron chi connectivity index (χ2n) is 18.9. The van der Waals surface area contributed by atoms with Crippen LogP contribution in [0, 0.1) is 18.3 Å². The van der Waals surface area contributed by atoms with Crippen molar-refractivity contribution < 1.29 is 38.1 Å². The van der Waals surface area contributed by atoms with Gasteiger partial charge in [-0.15, -0.1) is 0 Å². The second-order valence-corrected chi connectivity index (χ2v) is 19.6. The average molecular weight is 1120 g/mol. The van der Waals surface area contributed by atoms with Crippen LogP contribution < -0.4 is 49.4 Å². The van der Waals surface area contributed by atoms with Crippen molar-refractivity contribution in [2.45, 2.75) is 116 Å². The number of nitrogens with zero attached hydrogens (tertiary/aromatic N) is 5. The van der Waals surface area contributed by atoms with Gasteiger partial charge in [0.1, 0.15) is 18.1 Å². The fraction of sp³-hybridized carbons (Fsp3) is 0.519. The number of benzene rings is 2. The molecule has 0 spiro atoms. The van der Waals surface area contributed by atoms with Crippen molar-refractivity contribution in [3.63, 3.8) is 0 Å². The quantitative estimate of drug-likeness (QED) is 0.0103. The van der Waals surface area contributed by atoms with Crippen LogP contribution in [0.1, 0.15) is 128 Å². The van der Waals surface area contributed by atoms with Gasteiger partial charge in [0, 0.05) is 51.4 Å². The molecular formula is C54H78Cl2N14O8.